The Morgan fingerprint density at radius 3 is 2.68 bits per heavy atom. The summed E-state index contributed by atoms with van der Waals surface area (Å²) in [4.78, 5) is 17.9. The van der Waals surface area contributed by atoms with Crippen LogP contribution in [0.25, 0.3) is 11.5 Å². The summed E-state index contributed by atoms with van der Waals surface area (Å²) >= 11 is 1.50. The molecule has 0 fully saturated rings. The topological polar surface area (TPSA) is 46.3 Å². The van der Waals surface area contributed by atoms with E-state index in [4.69, 9.17) is 4.42 Å². The van der Waals surface area contributed by atoms with Crippen molar-refractivity contribution in [1.29, 1.82) is 0 Å². The zero-order chi connectivity index (χ0) is 16.1. The van der Waals surface area contributed by atoms with E-state index >= 15 is 0 Å². The fourth-order valence-corrected chi connectivity index (χ4v) is 2.55. The Bertz CT molecular complexity index is 625. The maximum Gasteiger partial charge on any atom is 0.232 e. The zero-order valence-electron chi connectivity index (χ0n) is 12.9. The lowest BCUT2D eigenvalue weighted by Gasteiger charge is -2.20. The molecule has 0 saturated heterocycles. The minimum Gasteiger partial charge on any atom is -0.444 e. The summed E-state index contributed by atoms with van der Waals surface area (Å²) in [5.41, 5.74) is 1.50. The summed E-state index contributed by atoms with van der Waals surface area (Å²) in [5, 5.41) is 0. The average Bonchev–Trinajstić information content (AvgIpc) is 2.95. The maximum atomic E-state index is 12.9. The SMILES string of the molecule is CC(C)N(C)C(=O)CSCc1coc(-c2ccc(F)cc2)n1. The molecule has 1 amide bonds. The summed E-state index contributed by atoms with van der Waals surface area (Å²) in [6.07, 6.45) is 1.57. The van der Waals surface area contributed by atoms with Crippen molar-refractivity contribution in [3.05, 3.63) is 42.0 Å². The van der Waals surface area contributed by atoms with Crippen LogP contribution in [0.3, 0.4) is 0 Å². The fraction of sp³-hybridized carbons (Fsp3) is 0.375. The van der Waals surface area contributed by atoms with Crippen molar-refractivity contribution < 1.29 is 13.6 Å². The van der Waals surface area contributed by atoms with Crippen LogP contribution in [0.2, 0.25) is 0 Å². The van der Waals surface area contributed by atoms with Gasteiger partial charge in [0.2, 0.25) is 11.8 Å². The molecule has 1 aromatic heterocycles. The summed E-state index contributed by atoms with van der Waals surface area (Å²) in [5.74, 6) is 1.28. The first-order valence-electron chi connectivity index (χ1n) is 7.01. The molecule has 1 heterocycles. The van der Waals surface area contributed by atoms with Gasteiger partial charge in [-0.1, -0.05) is 0 Å². The Morgan fingerprint density at radius 1 is 1.36 bits per heavy atom. The molecule has 0 saturated carbocycles. The molecule has 0 N–H and O–H groups in total. The Labute approximate surface area is 133 Å². The van der Waals surface area contributed by atoms with Crippen LogP contribution in [-0.4, -0.2) is 34.6 Å². The minimum atomic E-state index is -0.293. The van der Waals surface area contributed by atoms with E-state index in [0.29, 0.717) is 17.4 Å². The Balaban J connectivity index is 1.87. The van der Waals surface area contributed by atoms with Crippen LogP contribution >= 0.6 is 11.8 Å². The highest BCUT2D eigenvalue weighted by Gasteiger charge is 2.12. The van der Waals surface area contributed by atoms with Crippen molar-refractivity contribution in [3.63, 3.8) is 0 Å². The van der Waals surface area contributed by atoms with Gasteiger partial charge in [-0.05, 0) is 38.1 Å². The molecule has 0 spiro atoms. The molecule has 0 aliphatic heterocycles. The van der Waals surface area contributed by atoms with Crippen molar-refractivity contribution in [2.45, 2.75) is 25.6 Å². The molecule has 2 rings (SSSR count). The van der Waals surface area contributed by atoms with Crippen molar-refractivity contribution in [3.8, 4) is 11.5 Å². The Morgan fingerprint density at radius 2 is 2.05 bits per heavy atom. The van der Waals surface area contributed by atoms with Gasteiger partial charge < -0.3 is 9.32 Å². The van der Waals surface area contributed by atoms with Gasteiger partial charge in [0.15, 0.2) is 0 Å². The van der Waals surface area contributed by atoms with Gasteiger partial charge in [0, 0.05) is 24.4 Å². The van der Waals surface area contributed by atoms with E-state index in [2.05, 4.69) is 4.98 Å². The van der Waals surface area contributed by atoms with Gasteiger partial charge in [0.1, 0.15) is 12.1 Å². The molecular formula is C16H19FN2O2S. The van der Waals surface area contributed by atoms with Crippen LogP contribution in [0.1, 0.15) is 19.5 Å². The third-order valence-corrected chi connectivity index (χ3v) is 4.24. The number of aromatic nitrogens is 1. The lowest BCUT2D eigenvalue weighted by Crippen LogP contribution is -2.34. The average molecular weight is 322 g/mol. The van der Waals surface area contributed by atoms with Gasteiger partial charge >= 0.3 is 0 Å². The Hall–Kier alpha value is -1.82. The zero-order valence-corrected chi connectivity index (χ0v) is 13.7. The lowest BCUT2D eigenvalue weighted by atomic mass is 10.2. The van der Waals surface area contributed by atoms with Gasteiger partial charge in [0.25, 0.3) is 0 Å². The number of rotatable bonds is 6. The van der Waals surface area contributed by atoms with Gasteiger partial charge in [-0.15, -0.1) is 11.8 Å². The molecule has 22 heavy (non-hydrogen) atoms. The second kappa shape index (κ2) is 7.45. The number of nitrogens with zero attached hydrogens (tertiary/aromatic N) is 2. The van der Waals surface area contributed by atoms with Crippen molar-refractivity contribution in [1.82, 2.24) is 9.88 Å². The Kier molecular flexibility index (Phi) is 5.60. The van der Waals surface area contributed by atoms with Crippen LogP contribution in [-0.2, 0) is 10.5 Å². The monoisotopic (exact) mass is 322 g/mol. The van der Waals surface area contributed by atoms with Crippen molar-refractivity contribution in [2.75, 3.05) is 12.8 Å². The number of hydrogen-bond donors (Lipinski definition) is 0. The third-order valence-electron chi connectivity index (χ3n) is 3.29. The summed E-state index contributed by atoms with van der Waals surface area (Å²) in [7, 11) is 1.80. The second-order valence-corrected chi connectivity index (χ2v) is 6.23. The third kappa shape index (κ3) is 4.34. The molecule has 0 radical (unpaired) electrons. The van der Waals surface area contributed by atoms with Gasteiger partial charge in [-0.25, -0.2) is 9.37 Å². The highest BCUT2D eigenvalue weighted by atomic mass is 32.2. The smallest absolute Gasteiger partial charge is 0.232 e. The van der Waals surface area contributed by atoms with E-state index in [9.17, 15) is 9.18 Å². The number of halogens is 1. The number of carbonyl (C=O) groups excluding carboxylic acids is 1. The van der Waals surface area contributed by atoms with E-state index in [1.165, 1.54) is 23.9 Å². The minimum absolute atomic E-state index is 0.0993. The molecule has 0 aliphatic carbocycles. The van der Waals surface area contributed by atoms with Crippen LogP contribution in [0.5, 0.6) is 0 Å². The predicted octanol–water partition coefficient (Wildman–Crippen LogP) is 3.58. The van der Waals surface area contributed by atoms with E-state index in [1.807, 2.05) is 13.8 Å². The molecule has 118 valence electrons. The number of oxazole rings is 1. The number of amides is 1. The van der Waals surface area contributed by atoms with E-state index < -0.39 is 0 Å². The molecular weight excluding hydrogens is 303 g/mol. The van der Waals surface area contributed by atoms with Crippen LogP contribution < -0.4 is 0 Å². The van der Waals surface area contributed by atoms with E-state index in [-0.39, 0.29) is 17.8 Å². The van der Waals surface area contributed by atoms with Gasteiger partial charge in [0.05, 0.1) is 11.4 Å². The predicted molar refractivity (Wildman–Crippen MR) is 86.0 cm³/mol. The summed E-state index contributed by atoms with van der Waals surface area (Å²) < 4.78 is 18.3. The molecule has 2 aromatic rings. The standard InChI is InChI=1S/C16H19FN2O2S/c1-11(2)19(3)15(20)10-22-9-14-8-21-16(18-14)12-4-6-13(17)7-5-12/h4-8,11H,9-10H2,1-3H3. The van der Waals surface area contributed by atoms with Crippen LogP contribution in [0.4, 0.5) is 4.39 Å². The summed E-state index contributed by atoms with van der Waals surface area (Å²) in [6.45, 7) is 3.96. The number of carbonyl (C=O) groups is 1. The molecule has 0 bridgehead atoms. The first-order valence-corrected chi connectivity index (χ1v) is 8.16. The van der Waals surface area contributed by atoms with Gasteiger partial charge in [-0.2, -0.15) is 0 Å². The maximum absolute atomic E-state index is 12.9. The normalized spacial score (nSPS) is 11.0. The first kappa shape index (κ1) is 16.5. The quantitative estimate of drug-likeness (QED) is 0.815. The molecule has 0 unspecified atom stereocenters. The number of hydrogen-bond acceptors (Lipinski definition) is 4. The van der Waals surface area contributed by atoms with E-state index in [1.54, 1.807) is 30.3 Å². The van der Waals surface area contributed by atoms with Crippen LogP contribution in [0, 0.1) is 5.82 Å². The highest BCUT2D eigenvalue weighted by Crippen LogP contribution is 2.21. The van der Waals surface area contributed by atoms with Crippen LogP contribution in [0.15, 0.2) is 34.9 Å². The largest absolute Gasteiger partial charge is 0.444 e. The van der Waals surface area contributed by atoms with Gasteiger partial charge in [-0.3, -0.25) is 4.79 Å². The number of benzene rings is 1. The lowest BCUT2D eigenvalue weighted by molar-refractivity contribution is -0.128. The molecule has 0 aliphatic rings. The molecule has 4 nitrogen and oxygen atoms in total. The highest BCUT2D eigenvalue weighted by molar-refractivity contribution is 7.99. The second-order valence-electron chi connectivity index (χ2n) is 5.24. The van der Waals surface area contributed by atoms with Crippen molar-refractivity contribution in [2.24, 2.45) is 0 Å². The summed E-state index contributed by atoms with van der Waals surface area (Å²) in [6, 6.07) is 6.19. The molecule has 0 atom stereocenters. The van der Waals surface area contributed by atoms with E-state index in [0.717, 1.165) is 11.3 Å². The molecule has 6 heteroatoms. The first-order chi connectivity index (χ1) is 10.5. The number of thioether (sulfide) groups is 1. The van der Waals surface area contributed by atoms with Crippen molar-refractivity contribution >= 4 is 17.7 Å². The molecule has 1 aromatic carbocycles. The fourth-order valence-electron chi connectivity index (χ4n) is 1.73.